The molecule has 0 bridgehead atoms. The first-order chi connectivity index (χ1) is 10.7. The number of para-hydroxylation sites is 1. The number of likely N-dealkylation sites (tertiary alicyclic amines) is 1. The number of pyridine rings is 1. The average Bonchev–Trinajstić information content (AvgIpc) is 3.00. The molecule has 2 aliphatic heterocycles. The second kappa shape index (κ2) is 5.25. The Bertz CT molecular complexity index is 783. The molecule has 1 aromatic heterocycles. The van der Waals surface area contributed by atoms with Crippen LogP contribution in [0.15, 0.2) is 35.1 Å². The van der Waals surface area contributed by atoms with Gasteiger partial charge in [-0.25, -0.2) is 0 Å². The fraction of sp³-hybridized carbons (Fsp3) is 0.412. The first-order valence-corrected chi connectivity index (χ1v) is 7.84. The van der Waals surface area contributed by atoms with Gasteiger partial charge in [0.15, 0.2) is 0 Å². The van der Waals surface area contributed by atoms with Crippen LogP contribution in [0.3, 0.4) is 0 Å². The summed E-state index contributed by atoms with van der Waals surface area (Å²) in [5.74, 6) is 1.22. The Balaban J connectivity index is 1.69. The molecule has 0 radical (unpaired) electrons. The number of carbonyl (C=O) groups is 1. The lowest BCUT2D eigenvalue weighted by atomic mass is 9.88. The second-order valence-corrected chi connectivity index (χ2v) is 6.31. The van der Waals surface area contributed by atoms with Crippen molar-refractivity contribution in [2.45, 2.75) is 6.42 Å². The fourth-order valence-corrected chi connectivity index (χ4v) is 3.77. The van der Waals surface area contributed by atoms with E-state index in [2.05, 4.69) is 10.3 Å². The van der Waals surface area contributed by atoms with E-state index in [9.17, 15) is 9.59 Å². The Morgan fingerprint density at radius 2 is 2.00 bits per heavy atom. The molecule has 4 rings (SSSR count). The quantitative estimate of drug-likeness (QED) is 0.831. The molecule has 22 heavy (non-hydrogen) atoms. The van der Waals surface area contributed by atoms with E-state index in [4.69, 9.17) is 0 Å². The van der Waals surface area contributed by atoms with Crippen LogP contribution < -0.4 is 10.9 Å². The molecule has 2 N–H and O–H groups in total. The van der Waals surface area contributed by atoms with Gasteiger partial charge in [0.2, 0.25) is 5.56 Å². The van der Waals surface area contributed by atoms with Crippen molar-refractivity contribution in [1.29, 1.82) is 0 Å². The maximum Gasteiger partial charge on any atom is 0.254 e. The van der Waals surface area contributed by atoms with Gasteiger partial charge in [-0.2, -0.15) is 0 Å². The number of benzene rings is 1. The second-order valence-electron chi connectivity index (χ2n) is 6.31. The van der Waals surface area contributed by atoms with Gasteiger partial charge < -0.3 is 15.2 Å². The maximum absolute atomic E-state index is 12.9. The van der Waals surface area contributed by atoms with Gasteiger partial charge in [-0.05, 0) is 37.4 Å². The molecule has 5 nitrogen and oxygen atoms in total. The highest BCUT2D eigenvalue weighted by Crippen LogP contribution is 2.28. The van der Waals surface area contributed by atoms with Crippen molar-refractivity contribution >= 4 is 16.8 Å². The number of nitrogens with one attached hydrogen (secondary N) is 2. The molecule has 2 aromatic rings. The fourth-order valence-electron chi connectivity index (χ4n) is 3.77. The lowest BCUT2D eigenvalue weighted by Gasteiger charge is -2.34. The zero-order chi connectivity index (χ0) is 15.1. The minimum Gasteiger partial charge on any atom is -0.338 e. The van der Waals surface area contributed by atoms with Crippen LogP contribution in [0.2, 0.25) is 0 Å². The Labute approximate surface area is 128 Å². The third-order valence-electron chi connectivity index (χ3n) is 4.97. The zero-order valence-corrected chi connectivity index (χ0v) is 12.3. The van der Waals surface area contributed by atoms with Crippen molar-refractivity contribution in [2.75, 3.05) is 26.2 Å². The van der Waals surface area contributed by atoms with Crippen LogP contribution in [-0.4, -0.2) is 42.0 Å². The summed E-state index contributed by atoms with van der Waals surface area (Å²) in [6.07, 6.45) is 1.05. The van der Waals surface area contributed by atoms with E-state index in [1.807, 2.05) is 29.2 Å². The van der Waals surface area contributed by atoms with E-state index >= 15 is 0 Å². The summed E-state index contributed by atoms with van der Waals surface area (Å²) < 4.78 is 0. The molecule has 2 unspecified atom stereocenters. The van der Waals surface area contributed by atoms with Crippen LogP contribution in [-0.2, 0) is 0 Å². The van der Waals surface area contributed by atoms with Gasteiger partial charge in [-0.15, -0.1) is 0 Å². The van der Waals surface area contributed by atoms with Crippen LogP contribution in [0.1, 0.15) is 16.8 Å². The first-order valence-electron chi connectivity index (χ1n) is 7.84. The zero-order valence-electron chi connectivity index (χ0n) is 12.3. The van der Waals surface area contributed by atoms with Gasteiger partial charge in [0.1, 0.15) is 0 Å². The van der Waals surface area contributed by atoms with Crippen LogP contribution >= 0.6 is 0 Å². The van der Waals surface area contributed by atoms with E-state index < -0.39 is 0 Å². The third-order valence-corrected chi connectivity index (χ3v) is 4.97. The maximum atomic E-state index is 12.9. The predicted octanol–water partition coefficient (Wildman–Crippen LogP) is 1.21. The molecule has 2 fully saturated rings. The first kappa shape index (κ1) is 13.5. The molecule has 0 saturated carbocycles. The number of aromatic nitrogens is 1. The monoisotopic (exact) mass is 297 g/mol. The Morgan fingerprint density at radius 3 is 2.91 bits per heavy atom. The molecular weight excluding hydrogens is 278 g/mol. The van der Waals surface area contributed by atoms with Gasteiger partial charge in [-0.3, -0.25) is 9.59 Å². The van der Waals surface area contributed by atoms with E-state index in [1.54, 1.807) is 0 Å². The lowest BCUT2D eigenvalue weighted by Crippen LogP contribution is -2.43. The SMILES string of the molecule is O=C(c1cc(=O)[nH]c2ccccc12)N1CCC2CNCC2C1. The van der Waals surface area contributed by atoms with E-state index in [0.29, 0.717) is 17.4 Å². The number of aromatic amines is 1. The summed E-state index contributed by atoms with van der Waals surface area (Å²) in [6, 6.07) is 8.92. The van der Waals surface area contributed by atoms with Crippen molar-refractivity contribution in [2.24, 2.45) is 11.8 Å². The molecule has 5 heteroatoms. The van der Waals surface area contributed by atoms with Gasteiger partial charge in [0.25, 0.3) is 5.91 Å². The molecule has 114 valence electrons. The summed E-state index contributed by atoms with van der Waals surface area (Å²) in [7, 11) is 0. The standard InChI is InChI=1S/C17H19N3O2/c21-16-7-14(13-3-1-2-4-15(13)19-16)17(22)20-6-5-11-8-18-9-12(11)10-20/h1-4,7,11-12,18H,5-6,8-10H2,(H,19,21). The van der Waals surface area contributed by atoms with Crippen molar-refractivity contribution in [3.63, 3.8) is 0 Å². The van der Waals surface area contributed by atoms with Crippen LogP contribution in [0, 0.1) is 11.8 Å². The highest BCUT2D eigenvalue weighted by atomic mass is 16.2. The molecule has 3 heterocycles. The van der Waals surface area contributed by atoms with Crippen LogP contribution in [0.4, 0.5) is 0 Å². The van der Waals surface area contributed by atoms with Crippen molar-refractivity contribution in [3.05, 3.63) is 46.2 Å². The summed E-state index contributed by atoms with van der Waals surface area (Å²) >= 11 is 0. The number of hydrogen-bond acceptors (Lipinski definition) is 3. The summed E-state index contributed by atoms with van der Waals surface area (Å²) in [5.41, 5.74) is 1.01. The number of H-pyrrole nitrogens is 1. The summed E-state index contributed by atoms with van der Waals surface area (Å²) in [6.45, 7) is 3.63. The normalized spacial score (nSPS) is 24.5. The topological polar surface area (TPSA) is 65.2 Å². The van der Waals surface area contributed by atoms with Crippen LogP contribution in [0.25, 0.3) is 10.9 Å². The molecule has 2 atom stereocenters. The molecule has 1 aromatic carbocycles. The van der Waals surface area contributed by atoms with Gasteiger partial charge in [0, 0.05) is 30.1 Å². The number of fused-ring (bicyclic) bond motifs is 2. The van der Waals surface area contributed by atoms with Crippen molar-refractivity contribution in [3.8, 4) is 0 Å². The van der Waals surface area contributed by atoms with Crippen molar-refractivity contribution < 1.29 is 4.79 Å². The van der Waals surface area contributed by atoms with Gasteiger partial charge in [-0.1, -0.05) is 18.2 Å². The van der Waals surface area contributed by atoms with E-state index in [-0.39, 0.29) is 11.5 Å². The predicted molar refractivity (Wildman–Crippen MR) is 84.9 cm³/mol. The summed E-state index contributed by atoms with van der Waals surface area (Å²) in [4.78, 5) is 29.4. The molecule has 2 aliphatic rings. The van der Waals surface area contributed by atoms with Gasteiger partial charge >= 0.3 is 0 Å². The highest BCUT2D eigenvalue weighted by Gasteiger charge is 2.35. The van der Waals surface area contributed by atoms with Crippen molar-refractivity contribution in [1.82, 2.24) is 15.2 Å². The third kappa shape index (κ3) is 2.22. The minimum atomic E-state index is -0.223. The molecule has 0 spiro atoms. The number of amides is 1. The lowest BCUT2D eigenvalue weighted by molar-refractivity contribution is 0.0644. The number of rotatable bonds is 1. The number of nitrogens with zero attached hydrogens (tertiary/aromatic N) is 1. The van der Waals surface area contributed by atoms with E-state index in [1.165, 1.54) is 6.07 Å². The summed E-state index contributed by atoms with van der Waals surface area (Å²) in [5, 5.41) is 4.23. The number of carbonyl (C=O) groups excluding carboxylic acids is 1. The molecule has 1 amide bonds. The van der Waals surface area contributed by atoms with Gasteiger partial charge in [0.05, 0.1) is 5.56 Å². The average molecular weight is 297 g/mol. The number of hydrogen-bond donors (Lipinski definition) is 2. The highest BCUT2D eigenvalue weighted by molar-refractivity contribution is 6.05. The Hall–Kier alpha value is -2.14. The minimum absolute atomic E-state index is 0.0207. The molecule has 2 saturated heterocycles. The Morgan fingerprint density at radius 1 is 1.18 bits per heavy atom. The van der Waals surface area contributed by atoms with Crippen LogP contribution in [0.5, 0.6) is 0 Å². The smallest absolute Gasteiger partial charge is 0.254 e. The Kier molecular flexibility index (Phi) is 3.22. The number of piperidine rings is 1. The largest absolute Gasteiger partial charge is 0.338 e. The molecular formula is C17H19N3O2. The van der Waals surface area contributed by atoms with E-state index in [0.717, 1.165) is 43.5 Å². The molecule has 0 aliphatic carbocycles.